The number of anilines is 1. The van der Waals surface area contributed by atoms with E-state index in [1.807, 2.05) is 0 Å². The van der Waals surface area contributed by atoms with Crippen LogP contribution in [0.15, 0.2) is 76.5 Å². The van der Waals surface area contributed by atoms with Crippen LogP contribution in [-0.2, 0) is 22.1 Å². The highest BCUT2D eigenvalue weighted by Crippen LogP contribution is 2.36. The minimum Gasteiger partial charge on any atom is -0.385 e. The smallest absolute Gasteiger partial charge is 0.259 e. The molecule has 1 atom stereocenters. The molecule has 0 radical (unpaired) electrons. The highest BCUT2D eigenvalue weighted by atomic mass is 32.2. The molecule has 0 saturated carbocycles. The summed E-state index contributed by atoms with van der Waals surface area (Å²) in [5.74, 6) is -1.00. The summed E-state index contributed by atoms with van der Waals surface area (Å²) in [7, 11) is -0.0144. The number of nitrogens with zero attached hydrogens (tertiary/aromatic N) is 1. The molecule has 0 bridgehead atoms. The second kappa shape index (κ2) is 10.1. The van der Waals surface area contributed by atoms with E-state index in [9.17, 15) is 18.2 Å². The van der Waals surface area contributed by atoms with Crippen LogP contribution in [0.1, 0.15) is 32.7 Å². The van der Waals surface area contributed by atoms with Crippen molar-refractivity contribution in [3.8, 4) is 0 Å². The highest BCUT2D eigenvalue weighted by molar-refractivity contribution is 7.85. The van der Waals surface area contributed by atoms with Crippen LogP contribution in [0.3, 0.4) is 0 Å². The average Bonchev–Trinajstić information content (AvgIpc) is 2.92. The van der Waals surface area contributed by atoms with E-state index in [-0.39, 0.29) is 24.2 Å². The van der Waals surface area contributed by atoms with Crippen LogP contribution in [0.25, 0.3) is 0 Å². The van der Waals surface area contributed by atoms with Gasteiger partial charge in [0.05, 0.1) is 38.4 Å². The Labute approximate surface area is 193 Å². The molecule has 0 aliphatic carbocycles. The van der Waals surface area contributed by atoms with E-state index in [4.69, 9.17) is 4.74 Å². The molecule has 4 rings (SSSR count). The third kappa shape index (κ3) is 4.86. The third-order valence-electron chi connectivity index (χ3n) is 5.34. The zero-order valence-corrected chi connectivity index (χ0v) is 18.9. The van der Waals surface area contributed by atoms with Gasteiger partial charge < -0.3 is 15.0 Å². The van der Waals surface area contributed by atoms with Gasteiger partial charge in [0.1, 0.15) is 5.82 Å². The molecular weight excluding hydrogens is 443 g/mol. The Kier molecular flexibility index (Phi) is 6.96. The number of halogens is 1. The van der Waals surface area contributed by atoms with Gasteiger partial charge >= 0.3 is 0 Å². The van der Waals surface area contributed by atoms with Crippen molar-refractivity contribution in [2.24, 2.45) is 0 Å². The summed E-state index contributed by atoms with van der Waals surface area (Å²) < 4.78 is 31.8. The molecule has 1 aliphatic heterocycles. The number of nitrogens with one attached hydrogen (secondary N) is 1. The maximum Gasteiger partial charge on any atom is 0.259 e. The van der Waals surface area contributed by atoms with Gasteiger partial charge in [-0.2, -0.15) is 0 Å². The van der Waals surface area contributed by atoms with Gasteiger partial charge in [0, 0.05) is 25.8 Å². The number of hydrogen-bond donors (Lipinski definition) is 1. The fourth-order valence-electron chi connectivity index (χ4n) is 3.65. The van der Waals surface area contributed by atoms with Gasteiger partial charge in [-0.3, -0.25) is 9.59 Å². The molecule has 0 unspecified atom stereocenters. The minimum atomic E-state index is -1.61. The number of benzene rings is 3. The van der Waals surface area contributed by atoms with E-state index in [1.54, 1.807) is 61.7 Å². The number of amides is 2. The van der Waals surface area contributed by atoms with Gasteiger partial charge in [0.25, 0.3) is 11.8 Å². The normalized spacial score (nSPS) is 14.9. The van der Waals surface area contributed by atoms with Crippen LogP contribution in [0, 0.1) is 5.82 Å². The van der Waals surface area contributed by atoms with Gasteiger partial charge in [0.15, 0.2) is 0 Å². The van der Waals surface area contributed by atoms with E-state index in [0.29, 0.717) is 51.7 Å². The fourth-order valence-corrected chi connectivity index (χ4v) is 5.00. The summed E-state index contributed by atoms with van der Waals surface area (Å²) in [5, 5.41) is 2.83. The van der Waals surface area contributed by atoms with Gasteiger partial charge in [-0.15, -0.1) is 0 Å². The van der Waals surface area contributed by atoms with E-state index in [0.717, 1.165) is 0 Å². The zero-order valence-electron chi connectivity index (χ0n) is 18.0. The summed E-state index contributed by atoms with van der Waals surface area (Å²) in [4.78, 5) is 28.6. The molecule has 2 amide bonds. The maximum absolute atomic E-state index is 13.5. The molecule has 0 fully saturated rings. The number of carbonyl (C=O) groups excluding carboxylic acids is 2. The zero-order chi connectivity index (χ0) is 23.4. The van der Waals surface area contributed by atoms with Crippen LogP contribution in [0.4, 0.5) is 10.1 Å². The summed E-state index contributed by atoms with van der Waals surface area (Å²) in [6.45, 7) is 1.11. The average molecular weight is 467 g/mol. The second-order valence-electron chi connectivity index (χ2n) is 7.57. The number of fused-ring (bicyclic) bond motifs is 2. The number of methoxy groups -OCH3 is 1. The molecule has 1 aliphatic rings. The Balaban J connectivity index is 1.75. The Morgan fingerprint density at radius 2 is 1.82 bits per heavy atom. The molecule has 3 aromatic rings. The highest BCUT2D eigenvalue weighted by Gasteiger charge is 2.31. The van der Waals surface area contributed by atoms with Crippen molar-refractivity contribution in [1.29, 1.82) is 0 Å². The first-order valence-electron chi connectivity index (χ1n) is 10.5. The van der Waals surface area contributed by atoms with Crippen molar-refractivity contribution in [3.05, 3.63) is 89.2 Å². The van der Waals surface area contributed by atoms with Gasteiger partial charge in [-0.25, -0.2) is 8.60 Å². The Morgan fingerprint density at radius 1 is 1.06 bits per heavy atom. The third-order valence-corrected chi connectivity index (χ3v) is 6.84. The van der Waals surface area contributed by atoms with E-state index in [1.165, 1.54) is 17.0 Å². The standard InChI is InChI=1S/C25H23FN2O4S/c1-32-14-4-13-27-24(29)18-9-12-23-21(15-18)28(16-17-7-10-19(26)11-8-17)25(30)20-5-2-3-6-22(20)33(23)31/h2-3,5-12,15H,4,13-14,16H2,1H3,(H,27,29)/t33-/m0/s1. The van der Waals surface area contributed by atoms with Gasteiger partial charge in [-0.05, 0) is 54.4 Å². The Bertz CT molecular complexity index is 1210. The van der Waals surface area contributed by atoms with Crippen molar-refractivity contribution >= 4 is 28.3 Å². The predicted octanol–water partition coefficient (Wildman–Crippen LogP) is 3.92. The van der Waals surface area contributed by atoms with E-state index >= 15 is 0 Å². The summed E-state index contributed by atoms with van der Waals surface area (Å²) in [6.07, 6.45) is 0.668. The molecule has 8 heteroatoms. The number of ether oxygens (including phenoxy) is 1. The lowest BCUT2D eigenvalue weighted by atomic mass is 10.1. The summed E-state index contributed by atoms with van der Waals surface area (Å²) >= 11 is 0. The maximum atomic E-state index is 13.5. The van der Waals surface area contributed by atoms with Crippen molar-refractivity contribution in [3.63, 3.8) is 0 Å². The van der Waals surface area contributed by atoms with Crippen molar-refractivity contribution < 1.29 is 22.9 Å². The SMILES string of the molecule is COCCCNC(=O)c1ccc2c(c1)N(Cc1ccc(F)cc1)C(=O)c1ccccc1[S@@]2=O. The topological polar surface area (TPSA) is 75.7 Å². The molecule has 170 valence electrons. The number of hydrogen-bond acceptors (Lipinski definition) is 4. The van der Waals surface area contributed by atoms with Crippen molar-refractivity contribution in [1.82, 2.24) is 5.32 Å². The van der Waals surface area contributed by atoms with Crippen LogP contribution in [0.5, 0.6) is 0 Å². The van der Waals surface area contributed by atoms with Crippen LogP contribution in [0.2, 0.25) is 0 Å². The lowest BCUT2D eigenvalue weighted by Gasteiger charge is -2.23. The molecule has 0 saturated heterocycles. The quantitative estimate of drug-likeness (QED) is 0.536. The predicted molar refractivity (Wildman–Crippen MR) is 123 cm³/mol. The first kappa shape index (κ1) is 22.8. The molecule has 1 N–H and O–H groups in total. The molecule has 6 nitrogen and oxygen atoms in total. The van der Waals surface area contributed by atoms with Gasteiger partial charge in [0.2, 0.25) is 0 Å². The minimum absolute atomic E-state index is 0.135. The van der Waals surface area contributed by atoms with Crippen LogP contribution in [-0.4, -0.2) is 36.3 Å². The first-order valence-corrected chi connectivity index (χ1v) is 11.6. The molecule has 3 aromatic carbocycles. The molecule has 1 heterocycles. The van der Waals surface area contributed by atoms with E-state index in [2.05, 4.69) is 5.32 Å². The Morgan fingerprint density at radius 3 is 2.58 bits per heavy atom. The van der Waals surface area contributed by atoms with Crippen LogP contribution < -0.4 is 10.2 Å². The summed E-state index contributed by atoms with van der Waals surface area (Å²) in [5.41, 5.74) is 1.78. The lowest BCUT2D eigenvalue weighted by molar-refractivity contribution is 0.0945. The largest absolute Gasteiger partial charge is 0.385 e. The monoisotopic (exact) mass is 466 g/mol. The fraction of sp³-hybridized carbons (Fsp3) is 0.200. The molecular formula is C25H23FN2O4S. The Hall–Kier alpha value is -3.36. The lowest BCUT2D eigenvalue weighted by Crippen LogP contribution is -2.31. The van der Waals surface area contributed by atoms with E-state index < -0.39 is 10.8 Å². The molecule has 0 aromatic heterocycles. The molecule has 0 spiro atoms. The molecule has 33 heavy (non-hydrogen) atoms. The van der Waals surface area contributed by atoms with Crippen molar-refractivity contribution in [2.75, 3.05) is 25.2 Å². The van der Waals surface area contributed by atoms with Crippen molar-refractivity contribution in [2.45, 2.75) is 22.8 Å². The van der Waals surface area contributed by atoms with Gasteiger partial charge in [-0.1, -0.05) is 24.3 Å². The number of carbonyl (C=O) groups is 2. The van der Waals surface area contributed by atoms with Crippen LogP contribution >= 0.6 is 0 Å². The summed E-state index contributed by atoms with van der Waals surface area (Å²) in [6, 6.07) is 17.5. The first-order chi connectivity index (χ1) is 16.0. The second-order valence-corrected chi connectivity index (χ2v) is 8.98. The number of rotatable bonds is 7.